The molecule has 4 rings (SSSR count). The van der Waals surface area contributed by atoms with E-state index < -0.39 is 0 Å². The van der Waals surface area contributed by atoms with Gasteiger partial charge in [0.05, 0.1) is 28.4 Å². The zero-order valence-electron chi connectivity index (χ0n) is 12.8. The van der Waals surface area contributed by atoms with Crippen LogP contribution in [0.5, 0.6) is 0 Å². The SMILES string of the molecule is O=[N+]([O-])c1cc(-c2nc3ccccc3s2)ccc1N1CCOCC1. The first-order valence-electron chi connectivity index (χ1n) is 7.69. The zero-order chi connectivity index (χ0) is 16.5. The van der Waals surface area contributed by atoms with Gasteiger partial charge in [0.1, 0.15) is 10.7 Å². The minimum atomic E-state index is -0.318. The molecule has 0 bridgehead atoms. The highest BCUT2D eigenvalue weighted by Gasteiger charge is 2.22. The van der Waals surface area contributed by atoms with E-state index in [0.29, 0.717) is 32.0 Å². The van der Waals surface area contributed by atoms with Crippen molar-refractivity contribution in [3.8, 4) is 10.6 Å². The Kier molecular flexibility index (Phi) is 3.87. The first kappa shape index (κ1) is 15.0. The van der Waals surface area contributed by atoms with Gasteiger partial charge in [-0.15, -0.1) is 11.3 Å². The first-order chi connectivity index (χ1) is 11.7. The lowest BCUT2D eigenvalue weighted by Gasteiger charge is -2.28. The minimum absolute atomic E-state index is 0.119. The van der Waals surface area contributed by atoms with E-state index >= 15 is 0 Å². The Balaban J connectivity index is 1.76. The van der Waals surface area contributed by atoms with Gasteiger partial charge in [-0.05, 0) is 24.3 Å². The van der Waals surface area contributed by atoms with Crippen LogP contribution < -0.4 is 4.90 Å². The monoisotopic (exact) mass is 341 g/mol. The number of anilines is 1. The van der Waals surface area contributed by atoms with Crippen molar-refractivity contribution >= 4 is 32.9 Å². The fraction of sp³-hybridized carbons (Fsp3) is 0.235. The smallest absolute Gasteiger partial charge is 0.293 e. The van der Waals surface area contributed by atoms with Crippen molar-refractivity contribution in [3.05, 3.63) is 52.6 Å². The van der Waals surface area contributed by atoms with Gasteiger partial charge in [0.25, 0.3) is 5.69 Å². The van der Waals surface area contributed by atoms with E-state index in [9.17, 15) is 10.1 Å². The topological polar surface area (TPSA) is 68.5 Å². The van der Waals surface area contributed by atoms with E-state index in [1.807, 2.05) is 41.3 Å². The molecule has 2 heterocycles. The molecule has 0 spiro atoms. The summed E-state index contributed by atoms with van der Waals surface area (Å²) >= 11 is 1.54. The Bertz CT molecular complexity index is 870. The molecule has 0 aliphatic carbocycles. The summed E-state index contributed by atoms with van der Waals surface area (Å²) in [6.07, 6.45) is 0. The predicted octanol–water partition coefficient (Wildman–Crippen LogP) is 3.71. The number of nitro groups is 1. The van der Waals surface area contributed by atoms with Crippen LogP contribution in [0, 0.1) is 10.1 Å². The van der Waals surface area contributed by atoms with Gasteiger partial charge >= 0.3 is 0 Å². The van der Waals surface area contributed by atoms with E-state index in [0.717, 1.165) is 20.8 Å². The van der Waals surface area contributed by atoms with Crippen LogP contribution in [-0.4, -0.2) is 36.2 Å². The number of hydrogen-bond donors (Lipinski definition) is 0. The quantitative estimate of drug-likeness (QED) is 0.536. The molecular formula is C17H15N3O3S. The van der Waals surface area contributed by atoms with Crippen LogP contribution in [0.1, 0.15) is 0 Å². The number of thiazole rings is 1. The predicted molar refractivity (Wildman–Crippen MR) is 94.7 cm³/mol. The molecule has 24 heavy (non-hydrogen) atoms. The largest absolute Gasteiger partial charge is 0.378 e. The normalized spacial score (nSPS) is 14.9. The maximum atomic E-state index is 11.6. The molecule has 0 radical (unpaired) electrons. The summed E-state index contributed by atoms with van der Waals surface area (Å²) < 4.78 is 6.40. The highest BCUT2D eigenvalue weighted by molar-refractivity contribution is 7.21. The van der Waals surface area contributed by atoms with Gasteiger partial charge < -0.3 is 9.64 Å². The van der Waals surface area contributed by atoms with Crippen LogP contribution in [0.3, 0.4) is 0 Å². The second kappa shape index (κ2) is 6.18. The van der Waals surface area contributed by atoms with Gasteiger partial charge in [-0.1, -0.05) is 12.1 Å². The summed E-state index contributed by atoms with van der Waals surface area (Å²) in [6.45, 7) is 2.52. The third-order valence-corrected chi connectivity index (χ3v) is 5.15. The molecule has 122 valence electrons. The molecule has 6 nitrogen and oxygen atoms in total. The van der Waals surface area contributed by atoms with Crippen molar-refractivity contribution < 1.29 is 9.66 Å². The van der Waals surface area contributed by atoms with Crippen molar-refractivity contribution in [3.63, 3.8) is 0 Å². The molecule has 1 fully saturated rings. The third-order valence-electron chi connectivity index (χ3n) is 4.06. The maximum absolute atomic E-state index is 11.6. The second-order valence-corrected chi connectivity index (χ2v) is 6.58. The van der Waals surface area contributed by atoms with Crippen LogP contribution in [0.25, 0.3) is 20.8 Å². The van der Waals surface area contributed by atoms with Crippen molar-refractivity contribution in [1.29, 1.82) is 0 Å². The Morgan fingerprint density at radius 2 is 1.96 bits per heavy atom. The maximum Gasteiger partial charge on any atom is 0.293 e. The summed E-state index contributed by atoms with van der Waals surface area (Å²) in [7, 11) is 0. The van der Waals surface area contributed by atoms with E-state index in [1.165, 1.54) is 0 Å². The Labute approximate surface area is 142 Å². The summed E-state index contributed by atoms with van der Waals surface area (Å²) in [5, 5.41) is 12.3. The fourth-order valence-electron chi connectivity index (χ4n) is 2.87. The molecule has 7 heteroatoms. The van der Waals surface area contributed by atoms with Gasteiger partial charge in [0.15, 0.2) is 0 Å². The van der Waals surface area contributed by atoms with Gasteiger partial charge in [0.2, 0.25) is 0 Å². The van der Waals surface area contributed by atoms with Gasteiger partial charge in [-0.25, -0.2) is 4.98 Å². The second-order valence-electron chi connectivity index (χ2n) is 5.55. The van der Waals surface area contributed by atoms with Crippen molar-refractivity contribution in [2.45, 2.75) is 0 Å². The van der Waals surface area contributed by atoms with Crippen LogP contribution in [-0.2, 0) is 4.74 Å². The van der Waals surface area contributed by atoms with E-state index in [2.05, 4.69) is 4.98 Å². The Morgan fingerprint density at radius 3 is 2.71 bits per heavy atom. The molecular weight excluding hydrogens is 326 g/mol. The number of aromatic nitrogens is 1. The number of fused-ring (bicyclic) bond motifs is 1. The molecule has 0 N–H and O–H groups in total. The lowest BCUT2D eigenvalue weighted by atomic mass is 10.1. The number of morpholine rings is 1. The van der Waals surface area contributed by atoms with Crippen LogP contribution in [0.4, 0.5) is 11.4 Å². The third kappa shape index (κ3) is 2.72. The highest BCUT2D eigenvalue weighted by atomic mass is 32.1. The number of hydrogen-bond acceptors (Lipinski definition) is 6. The number of nitro benzene ring substituents is 1. The first-order valence-corrected chi connectivity index (χ1v) is 8.51. The average molecular weight is 341 g/mol. The van der Waals surface area contributed by atoms with Crippen molar-refractivity contribution in [2.75, 3.05) is 31.2 Å². The molecule has 0 saturated carbocycles. The standard InChI is InChI=1S/C17H15N3O3S/c21-20(22)15-11-12(5-6-14(15)19-7-9-23-10-8-19)17-18-13-3-1-2-4-16(13)24-17/h1-6,11H,7-10H2. The van der Waals surface area contributed by atoms with Crippen molar-refractivity contribution in [1.82, 2.24) is 4.98 Å². The zero-order valence-corrected chi connectivity index (χ0v) is 13.7. The molecule has 1 saturated heterocycles. The van der Waals surface area contributed by atoms with Gasteiger partial charge in [0, 0.05) is 24.7 Å². The van der Waals surface area contributed by atoms with Gasteiger partial charge in [-0.2, -0.15) is 0 Å². The molecule has 3 aromatic rings. The molecule has 0 amide bonds. The van der Waals surface area contributed by atoms with Crippen LogP contribution >= 0.6 is 11.3 Å². The number of ether oxygens (including phenoxy) is 1. The van der Waals surface area contributed by atoms with Gasteiger partial charge in [-0.3, -0.25) is 10.1 Å². The van der Waals surface area contributed by atoms with Crippen molar-refractivity contribution in [2.24, 2.45) is 0 Å². The van der Waals surface area contributed by atoms with E-state index in [1.54, 1.807) is 17.4 Å². The molecule has 2 aromatic carbocycles. The number of benzene rings is 2. The summed E-state index contributed by atoms with van der Waals surface area (Å²) in [5.41, 5.74) is 2.46. The summed E-state index contributed by atoms with van der Waals surface area (Å²) in [4.78, 5) is 17.8. The lowest BCUT2D eigenvalue weighted by molar-refractivity contribution is -0.384. The number of nitrogens with zero attached hydrogens (tertiary/aromatic N) is 3. The Hall–Kier alpha value is -2.51. The Morgan fingerprint density at radius 1 is 1.17 bits per heavy atom. The average Bonchev–Trinajstić information content (AvgIpc) is 3.06. The number of rotatable bonds is 3. The lowest BCUT2D eigenvalue weighted by Crippen LogP contribution is -2.36. The molecule has 0 unspecified atom stereocenters. The molecule has 1 aliphatic heterocycles. The molecule has 1 aliphatic rings. The van der Waals surface area contributed by atoms with Crippen LogP contribution in [0.2, 0.25) is 0 Å². The molecule has 0 atom stereocenters. The minimum Gasteiger partial charge on any atom is -0.378 e. The highest BCUT2D eigenvalue weighted by Crippen LogP contribution is 2.36. The van der Waals surface area contributed by atoms with Crippen LogP contribution in [0.15, 0.2) is 42.5 Å². The van der Waals surface area contributed by atoms with E-state index in [4.69, 9.17) is 4.74 Å². The number of para-hydroxylation sites is 1. The summed E-state index contributed by atoms with van der Waals surface area (Å²) in [6, 6.07) is 13.2. The van der Waals surface area contributed by atoms with E-state index in [-0.39, 0.29) is 10.6 Å². The fourth-order valence-corrected chi connectivity index (χ4v) is 3.83. The summed E-state index contributed by atoms with van der Waals surface area (Å²) in [5.74, 6) is 0. The molecule has 1 aromatic heterocycles.